The van der Waals surface area contributed by atoms with Gasteiger partial charge in [-0.1, -0.05) is 0 Å². The predicted molar refractivity (Wildman–Crippen MR) is 114 cm³/mol. The smallest absolute Gasteiger partial charge is 0.417 e. The molecule has 3 heterocycles. The van der Waals surface area contributed by atoms with Gasteiger partial charge in [0.05, 0.1) is 24.6 Å². The van der Waals surface area contributed by atoms with E-state index >= 15 is 0 Å². The topological polar surface area (TPSA) is 67.3 Å². The number of methoxy groups -OCH3 is 1. The van der Waals surface area contributed by atoms with Crippen molar-refractivity contribution in [2.24, 2.45) is 0 Å². The SMILES string of the molecule is COc1ccc(C(=O)Nc2cncc(C(F)(F)F)c2)cc1C1CCN(c2ccncc2)C1. The molecule has 1 atom stereocenters. The minimum absolute atomic E-state index is 0.0214. The Bertz CT molecular complexity index is 1110. The monoisotopic (exact) mass is 442 g/mol. The normalized spacial score (nSPS) is 16.1. The van der Waals surface area contributed by atoms with E-state index in [4.69, 9.17) is 4.74 Å². The first-order valence-electron chi connectivity index (χ1n) is 10.0. The van der Waals surface area contributed by atoms with E-state index in [0.29, 0.717) is 11.3 Å². The van der Waals surface area contributed by atoms with Crippen LogP contribution in [0.2, 0.25) is 0 Å². The molecule has 6 nitrogen and oxygen atoms in total. The largest absolute Gasteiger partial charge is 0.496 e. The van der Waals surface area contributed by atoms with Crippen LogP contribution >= 0.6 is 0 Å². The molecule has 1 fully saturated rings. The van der Waals surface area contributed by atoms with Crippen LogP contribution < -0.4 is 15.0 Å². The minimum atomic E-state index is -4.54. The molecule has 4 rings (SSSR count). The van der Waals surface area contributed by atoms with Gasteiger partial charge in [0.2, 0.25) is 0 Å². The molecule has 1 saturated heterocycles. The van der Waals surface area contributed by atoms with Gasteiger partial charge in [-0.25, -0.2) is 0 Å². The highest BCUT2D eigenvalue weighted by atomic mass is 19.4. The lowest BCUT2D eigenvalue weighted by Gasteiger charge is -2.20. The molecule has 166 valence electrons. The molecule has 32 heavy (non-hydrogen) atoms. The van der Waals surface area contributed by atoms with Crippen LogP contribution in [0.25, 0.3) is 0 Å². The van der Waals surface area contributed by atoms with E-state index in [0.717, 1.165) is 43.0 Å². The molecular weight excluding hydrogens is 421 g/mol. The van der Waals surface area contributed by atoms with Crippen LogP contribution in [-0.4, -0.2) is 36.1 Å². The lowest BCUT2D eigenvalue weighted by atomic mass is 9.95. The number of rotatable bonds is 5. The van der Waals surface area contributed by atoms with Crippen molar-refractivity contribution < 1.29 is 22.7 Å². The van der Waals surface area contributed by atoms with Gasteiger partial charge in [-0.05, 0) is 48.4 Å². The third-order valence-corrected chi connectivity index (χ3v) is 5.47. The van der Waals surface area contributed by atoms with E-state index < -0.39 is 17.6 Å². The summed E-state index contributed by atoms with van der Waals surface area (Å²) in [7, 11) is 1.57. The molecule has 1 aliphatic heterocycles. The summed E-state index contributed by atoms with van der Waals surface area (Å²) in [5.74, 6) is 0.295. The molecule has 0 spiro atoms. The summed E-state index contributed by atoms with van der Waals surface area (Å²) in [6.45, 7) is 1.60. The summed E-state index contributed by atoms with van der Waals surface area (Å²) in [5, 5.41) is 2.50. The van der Waals surface area contributed by atoms with Gasteiger partial charge in [-0.15, -0.1) is 0 Å². The highest BCUT2D eigenvalue weighted by molar-refractivity contribution is 6.04. The van der Waals surface area contributed by atoms with Crippen molar-refractivity contribution in [3.63, 3.8) is 0 Å². The van der Waals surface area contributed by atoms with Gasteiger partial charge < -0.3 is 15.0 Å². The van der Waals surface area contributed by atoms with Gasteiger partial charge in [-0.3, -0.25) is 14.8 Å². The first kappa shape index (κ1) is 21.6. The van der Waals surface area contributed by atoms with Crippen LogP contribution in [0.5, 0.6) is 5.75 Å². The minimum Gasteiger partial charge on any atom is -0.496 e. The first-order chi connectivity index (χ1) is 15.3. The van der Waals surface area contributed by atoms with Crippen molar-refractivity contribution in [1.29, 1.82) is 0 Å². The predicted octanol–water partition coefficient (Wildman–Crippen LogP) is 4.75. The third-order valence-electron chi connectivity index (χ3n) is 5.47. The molecule has 1 unspecified atom stereocenters. The number of aromatic nitrogens is 2. The molecule has 0 bridgehead atoms. The second-order valence-corrected chi connectivity index (χ2v) is 7.51. The molecule has 1 aromatic carbocycles. The Hall–Kier alpha value is -3.62. The Morgan fingerprint density at radius 2 is 1.91 bits per heavy atom. The second kappa shape index (κ2) is 8.86. The van der Waals surface area contributed by atoms with Gasteiger partial charge in [0.25, 0.3) is 5.91 Å². The molecule has 3 aromatic rings. The summed E-state index contributed by atoms with van der Waals surface area (Å²) in [4.78, 5) is 22.6. The van der Waals surface area contributed by atoms with Crippen molar-refractivity contribution in [2.75, 3.05) is 30.4 Å². The molecule has 1 amide bonds. The number of nitrogens with zero attached hydrogens (tertiary/aromatic N) is 3. The Morgan fingerprint density at radius 1 is 1.12 bits per heavy atom. The quantitative estimate of drug-likeness (QED) is 0.618. The van der Waals surface area contributed by atoms with Gasteiger partial charge in [-0.2, -0.15) is 13.2 Å². The van der Waals surface area contributed by atoms with E-state index in [9.17, 15) is 18.0 Å². The highest BCUT2D eigenvalue weighted by Gasteiger charge is 2.31. The average Bonchev–Trinajstić information content (AvgIpc) is 3.29. The van der Waals surface area contributed by atoms with E-state index in [1.165, 1.54) is 6.20 Å². The summed E-state index contributed by atoms with van der Waals surface area (Å²) in [6, 6.07) is 9.81. The van der Waals surface area contributed by atoms with Gasteiger partial charge >= 0.3 is 6.18 Å². The number of halogens is 3. The molecule has 0 saturated carbocycles. The van der Waals surface area contributed by atoms with Crippen molar-refractivity contribution in [1.82, 2.24) is 9.97 Å². The van der Waals surface area contributed by atoms with Crippen LogP contribution in [0.4, 0.5) is 24.5 Å². The van der Waals surface area contributed by atoms with Gasteiger partial charge in [0.1, 0.15) is 5.75 Å². The zero-order chi connectivity index (χ0) is 22.7. The van der Waals surface area contributed by atoms with Crippen molar-refractivity contribution in [3.8, 4) is 5.75 Å². The van der Waals surface area contributed by atoms with E-state index in [-0.39, 0.29) is 11.6 Å². The average molecular weight is 442 g/mol. The maximum Gasteiger partial charge on any atom is 0.417 e. The van der Waals surface area contributed by atoms with E-state index in [2.05, 4.69) is 20.2 Å². The zero-order valence-corrected chi connectivity index (χ0v) is 17.3. The van der Waals surface area contributed by atoms with Crippen molar-refractivity contribution in [3.05, 3.63) is 77.9 Å². The van der Waals surface area contributed by atoms with Gasteiger partial charge in [0.15, 0.2) is 0 Å². The molecule has 9 heteroatoms. The standard InChI is InChI=1S/C23H21F3N4O2/c1-32-21-3-2-15(22(31)29-18-11-17(12-28-13-18)23(24,25)26)10-20(21)16-6-9-30(14-16)19-4-7-27-8-5-19/h2-5,7-8,10-13,16H,6,9,14H2,1H3,(H,29,31). The molecule has 1 aliphatic rings. The number of nitrogens with one attached hydrogen (secondary N) is 1. The maximum absolute atomic E-state index is 12.9. The maximum atomic E-state index is 12.9. The number of alkyl halides is 3. The number of hydrogen-bond acceptors (Lipinski definition) is 5. The highest BCUT2D eigenvalue weighted by Crippen LogP contribution is 2.36. The fourth-order valence-electron chi connectivity index (χ4n) is 3.86. The number of benzene rings is 1. The number of pyridine rings is 2. The molecule has 1 N–H and O–H groups in total. The molecular formula is C23H21F3N4O2. The van der Waals surface area contributed by atoms with Crippen LogP contribution in [0.1, 0.15) is 33.8 Å². The number of carbonyl (C=O) groups excluding carboxylic acids is 1. The summed E-state index contributed by atoms with van der Waals surface area (Å²) in [6.07, 6.45) is 1.73. The van der Waals surface area contributed by atoms with Crippen LogP contribution in [0.15, 0.2) is 61.2 Å². The summed E-state index contributed by atoms with van der Waals surface area (Å²) >= 11 is 0. The lowest BCUT2D eigenvalue weighted by molar-refractivity contribution is -0.137. The Kier molecular flexibility index (Phi) is 5.98. The number of hydrogen-bond donors (Lipinski definition) is 1. The molecule has 0 aliphatic carbocycles. The summed E-state index contributed by atoms with van der Waals surface area (Å²) < 4.78 is 44.3. The fraction of sp³-hybridized carbons (Fsp3) is 0.261. The van der Waals surface area contributed by atoms with Crippen LogP contribution in [0.3, 0.4) is 0 Å². The number of ether oxygens (including phenoxy) is 1. The van der Waals surface area contributed by atoms with Crippen molar-refractivity contribution in [2.45, 2.75) is 18.5 Å². The Morgan fingerprint density at radius 3 is 2.62 bits per heavy atom. The lowest BCUT2D eigenvalue weighted by Crippen LogP contribution is -2.19. The second-order valence-electron chi connectivity index (χ2n) is 7.51. The Balaban J connectivity index is 1.54. The zero-order valence-electron chi connectivity index (χ0n) is 17.3. The van der Waals surface area contributed by atoms with Gasteiger partial charge in [0, 0.05) is 48.8 Å². The molecule has 2 aromatic heterocycles. The van der Waals surface area contributed by atoms with E-state index in [1.807, 2.05) is 12.1 Å². The van der Waals surface area contributed by atoms with Crippen LogP contribution in [-0.2, 0) is 6.18 Å². The van der Waals surface area contributed by atoms with Crippen LogP contribution in [0, 0.1) is 0 Å². The van der Waals surface area contributed by atoms with E-state index in [1.54, 1.807) is 37.7 Å². The summed E-state index contributed by atoms with van der Waals surface area (Å²) in [5.41, 5.74) is 1.35. The first-order valence-corrected chi connectivity index (χ1v) is 10.0. The molecule has 0 radical (unpaired) electrons. The Labute approximate surface area is 183 Å². The fourth-order valence-corrected chi connectivity index (χ4v) is 3.86. The number of amides is 1. The third kappa shape index (κ3) is 4.66. The number of anilines is 2. The van der Waals surface area contributed by atoms with Crippen molar-refractivity contribution >= 4 is 17.3 Å². The number of carbonyl (C=O) groups is 1.